The van der Waals surface area contributed by atoms with Gasteiger partial charge in [-0.1, -0.05) is 18.2 Å². The third-order valence-electron chi connectivity index (χ3n) is 5.28. The standard InChI is InChI=1S/C25H27N5O7S/c1-4-7-21(31)37-24-22(36-19-9-6-5-8-18(19)34-3)23(27-25(28-24)30-12-14-35-15-13-30)29-38(32,33)20-11-10-17(2)16-26-20/h5-6,8-11,16,21,31H,12-15H2,1-3H3,(H,27,28,29). The number of nitrogens with zero attached hydrogens (tertiary/aromatic N) is 4. The van der Waals surface area contributed by atoms with Crippen LogP contribution in [0, 0.1) is 18.8 Å². The minimum absolute atomic E-state index is 0.141. The minimum atomic E-state index is -4.22. The van der Waals surface area contributed by atoms with E-state index >= 15 is 0 Å². The van der Waals surface area contributed by atoms with Gasteiger partial charge < -0.3 is 29.0 Å². The van der Waals surface area contributed by atoms with E-state index in [9.17, 15) is 13.5 Å². The van der Waals surface area contributed by atoms with Gasteiger partial charge in [0.2, 0.25) is 11.7 Å². The number of morpholine rings is 1. The lowest BCUT2D eigenvalue weighted by molar-refractivity contribution is 0.0274. The molecule has 200 valence electrons. The fourth-order valence-electron chi connectivity index (χ4n) is 3.43. The summed E-state index contributed by atoms with van der Waals surface area (Å²) in [4.78, 5) is 14.7. The molecule has 3 aromatic rings. The molecule has 0 radical (unpaired) electrons. The van der Waals surface area contributed by atoms with Gasteiger partial charge in [-0.25, -0.2) is 4.98 Å². The first-order chi connectivity index (χ1) is 18.3. The van der Waals surface area contributed by atoms with Gasteiger partial charge in [0.15, 0.2) is 22.3 Å². The van der Waals surface area contributed by atoms with Crippen molar-refractivity contribution in [1.29, 1.82) is 0 Å². The van der Waals surface area contributed by atoms with E-state index in [-0.39, 0.29) is 34.2 Å². The number of hydrogen-bond acceptors (Lipinski definition) is 11. The highest BCUT2D eigenvalue weighted by Gasteiger charge is 2.28. The Hall–Kier alpha value is -4.12. The number of nitrogens with one attached hydrogen (secondary N) is 1. The van der Waals surface area contributed by atoms with Gasteiger partial charge in [0.1, 0.15) is 0 Å². The zero-order valence-corrected chi connectivity index (χ0v) is 21.9. The molecule has 1 aromatic carbocycles. The van der Waals surface area contributed by atoms with E-state index in [4.69, 9.17) is 18.9 Å². The molecule has 0 aliphatic carbocycles. The van der Waals surface area contributed by atoms with Gasteiger partial charge >= 0.3 is 0 Å². The lowest BCUT2D eigenvalue weighted by Crippen LogP contribution is -2.37. The molecular formula is C25H27N5O7S. The summed E-state index contributed by atoms with van der Waals surface area (Å²) in [5, 5.41) is 10.1. The highest BCUT2D eigenvalue weighted by molar-refractivity contribution is 7.92. The Balaban J connectivity index is 1.87. The van der Waals surface area contributed by atoms with Crippen LogP contribution in [-0.2, 0) is 14.8 Å². The third-order valence-corrected chi connectivity index (χ3v) is 6.53. The van der Waals surface area contributed by atoms with E-state index in [1.165, 1.54) is 26.3 Å². The quantitative estimate of drug-likeness (QED) is 0.304. The summed E-state index contributed by atoms with van der Waals surface area (Å²) in [7, 11) is -2.75. The van der Waals surface area contributed by atoms with E-state index in [2.05, 4.69) is 31.5 Å². The first kappa shape index (κ1) is 26.9. The van der Waals surface area contributed by atoms with E-state index in [1.807, 2.05) is 0 Å². The van der Waals surface area contributed by atoms with Crippen LogP contribution in [0.1, 0.15) is 12.5 Å². The number of hydrogen-bond donors (Lipinski definition) is 2. The molecule has 38 heavy (non-hydrogen) atoms. The number of aromatic nitrogens is 3. The Labute approximate surface area is 220 Å². The van der Waals surface area contributed by atoms with Gasteiger partial charge in [0.05, 0.1) is 20.3 Å². The first-order valence-corrected chi connectivity index (χ1v) is 13.1. The van der Waals surface area contributed by atoms with Crippen LogP contribution in [0.2, 0.25) is 0 Å². The molecule has 1 aliphatic rings. The Morgan fingerprint density at radius 3 is 2.53 bits per heavy atom. The molecule has 0 amide bonds. The van der Waals surface area contributed by atoms with Crippen LogP contribution >= 0.6 is 0 Å². The maximum absolute atomic E-state index is 13.3. The molecule has 1 saturated heterocycles. The van der Waals surface area contributed by atoms with Crippen LogP contribution in [-0.4, -0.2) is 68.2 Å². The molecule has 3 heterocycles. The maximum atomic E-state index is 13.3. The number of sulfonamides is 1. The Bertz CT molecular complexity index is 1430. The summed E-state index contributed by atoms with van der Waals surface area (Å²) in [6.45, 7) is 5.09. The second kappa shape index (κ2) is 12.0. The van der Waals surface area contributed by atoms with Crippen molar-refractivity contribution in [2.75, 3.05) is 43.0 Å². The molecule has 1 atom stereocenters. The van der Waals surface area contributed by atoms with Crippen LogP contribution < -0.4 is 23.8 Å². The van der Waals surface area contributed by atoms with Gasteiger partial charge in [-0.2, -0.15) is 18.4 Å². The summed E-state index contributed by atoms with van der Waals surface area (Å²) in [6.07, 6.45) is -0.135. The second-order valence-electron chi connectivity index (χ2n) is 8.00. The van der Waals surface area contributed by atoms with Crippen molar-refractivity contribution in [3.8, 4) is 35.0 Å². The molecule has 1 unspecified atom stereocenters. The number of anilines is 2. The smallest absolute Gasteiger partial charge is 0.280 e. The first-order valence-electron chi connectivity index (χ1n) is 11.6. The van der Waals surface area contributed by atoms with Crippen LogP contribution in [0.3, 0.4) is 0 Å². The van der Waals surface area contributed by atoms with Crippen molar-refractivity contribution in [3.05, 3.63) is 48.2 Å². The summed E-state index contributed by atoms with van der Waals surface area (Å²) in [5.41, 5.74) is 0.794. The van der Waals surface area contributed by atoms with Gasteiger partial charge in [0, 0.05) is 19.3 Å². The fraction of sp³-hybridized carbons (Fsp3) is 0.320. The van der Waals surface area contributed by atoms with Gasteiger partial charge in [-0.05, 0) is 43.5 Å². The topological polar surface area (TPSA) is 145 Å². The maximum Gasteiger partial charge on any atom is 0.280 e. The Morgan fingerprint density at radius 2 is 1.87 bits per heavy atom. The summed E-state index contributed by atoms with van der Waals surface area (Å²) in [5.74, 6) is 5.07. The summed E-state index contributed by atoms with van der Waals surface area (Å²) < 4.78 is 51.5. The van der Waals surface area contributed by atoms with Gasteiger partial charge in [0.25, 0.3) is 22.2 Å². The number of ether oxygens (including phenoxy) is 4. The van der Waals surface area contributed by atoms with Crippen molar-refractivity contribution < 1.29 is 32.5 Å². The van der Waals surface area contributed by atoms with E-state index in [0.717, 1.165) is 5.56 Å². The van der Waals surface area contributed by atoms with E-state index in [1.54, 1.807) is 42.2 Å². The predicted molar refractivity (Wildman–Crippen MR) is 138 cm³/mol. The Kier molecular flexibility index (Phi) is 8.47. The van der Waals surface area contributed by atoms with Crippen molar-refractivity contribution in [1.82, 2.24) is 15.0 Å². The number of para-hydroxylation sites is 2. The molecule has 0 spiro atoms. The number of aryl methyl sites for hydroxylation is 1. The average Bonchev–Trinajstić information content (AvgIpc) is 2.91. The van der Waals surface area contributed by atoms with E-state index in [0.29, 0.717) is 32.1 Å². The normalized spacial score (nSPS) is 14.2. The van der Waals surface area contributed by atoms with Crippen molar-refractivity contribution >= 4 is 21.8 Å². The number of rotatable bonds is 9. The van der Waals surface area contributed by atoms with Crippen LogP contribution in [0.4, 0.5) is 11.8 Å². The molecule has 13 heteroatoms. The molecule has 1 fully saturated rings. The number of aliphatic hydroxyl groups excluding tert-OH is 1. The molecule has 2 N–H and O–H groups in total. The molecule has 0 saturated carbocycles. The van der Waals surface area contributed by atoms with Crippen LogP contribution in [0.15, 0.2) is 47.6 Å². The molecule has 4 rings (SSSR count). The highest BCUT2D eigenvalue weighted by Crippen LogP contribution is 2.41. The van der Waals surface area contributed by atoms with Crippen molar-refractivity contribution in [3.63, 3.8) is 0 Å². The Morgan fingerprint density at radius 1 is 1.13 bits per heavy atom. The SMILES string of the molecule is CC#CC(O)Oc1nc(N2CCOCC2)nc(NS(=O)(=O)c2ccc(C)cn2)c1Oc1ccccc1OC. The average molecular weight is 542 g/mol. The van der Waals surface area contributed by atoms with Gasteiger partial charge in [-0.3, -0.25) is 4.72 Å². The molecule has 12 nitrogen and oxygen atoms in total. The number of pyridine rings is 1. The zero-order chi connectivity index (χ0) is 27.1. The molecule has 2 aromatic heterocycles. The monoisotopic (exact) mass is 541 g/mol. The summed E-state index contributed by atoms with van der Waals surface area (Å²) in [6, 6.07) is 9.73. The second-order valence-corrected chi connectivity index (χ2v) is 9.63. The van der Waals surface area contributed by atoms with Crippen molar-refractivity contribution in [2.45, 2.75) is 25.2 Å². The van der Waals surface area contributed by atoms with Crippen LogP contribution in [0.5, 0.6) is 23.1 Å². The van der Waals surface area contributed by atoms with Crippen LogP contribution in [0.25, 0.3) is 0 Å². The third kappa shape index (κ3) is 6.41. The van der Waals surface area contributed by atoms with Gasteiger partial charge in [-0.15, -0.1) is 5.92 Å². The number of methoxy groups -OCH3 is 1. The largest absolute Gasteiger partial charge is 0.493 e. The minimum Gasteiger partial charge on any atom is -0.493 e. The molecule has 0 bridgehead atoms. The zero-order valence-electron chi connectivity index (χ0n) is 21.0. The molecular weight excluding hydrogens is 514 g/mol. The van der Waals surface area contributed by atoms with Crippen molar-refractivity contribution in [2.24, 2.45) is 0 Å². The highest BCUT2D eigenvalue weighted by atomic mass is 32.2. The number of benzene rings is 1. The summed E-state index contributed by atoms with van der Waals surface area (Å²) >= 11 is 0. The number of aliphatic hydroxyl groups is 1. The fourth-order valence-corrected chi connectivity index (χ4v) is 4.37. The lowest BCUT2D eigenvalue weighted by Gasteiger charge is -2.28. The lowest BCUT2D eigenvalue weighted by atomic mass is 10.3. The van der Waals surface area contributed by atoms with E-state index < -0.39 is 16.3 Å². The predicted octanol–water partition coefficient (Wildman–Crippen LogP) is 2.34. The molecule has 1 aliphatic heterocycles.